The Morgan fingerprint density at radius 3 is 2.56 bits per heavy atom. The van der Waals surface area contributed by atoms with Crippen LogP contribution in [0.5, 0.6) is 5.75 Å². The van der Waals surface area contributed by atoms with Crippen molar-refractivity contribution in [1.82, 2.24) is 10.2 Å². The number of alkyl carbamates (subject to hydrolysis) is 1. The summed E-state index contributed by atoms with van der Waals surface area (Å²) >= 11 is 0. The summed E-state index contributed by atoms with van der Waals surface area (Å²) in [6.45, 7) is 9.49. The molecule has 32 heavy (non-hydrogen) atoms. The van der Waals surface area contributed by atoms with E-state index in [9.17, 15) is 9.18 Å². The molecule has 0 saturated carbocycles. The van der Waals surface area contributed by atoms with Crippen molar-refractivity contribution in [3.05, 3.63) is 53.3 Å². The zero-order chi connectivity index (χ0) is 22.5. The number of aryl methyl sites for hydroxylation is 1. The van der Waals surface area contributed by atoms with Crippen LogP contribution < -0.4 is 10.1 Å². The number of carbonyl (C=O) groups is 1. The van der Waals surface area contributed by atoms with E-state index < -0.39 is 0 Å². The van der Waals surface area contributed by atoms with Crippen molar-refractivity contribution < 1.29 is 18.7 Å². The maximum Gasteiger partial charge on any atom is 0.407 e. The summed E-state index contributed by atoms with van der Waals surface area (Å²) in [6, 6.07) is 10.9. The zero-order valence-corrected chi connectivity index (χ0v) is 19.0. The highest BCUT2D eigenvalue weighted by atomic mass is 19.1. The van der Waals surface area contributed by atoms with E-state index in [-0.39, 0.29) is 29.5 Å². The van der Waals surface area contributed by atoms with Crippen LogP contribution in [-0.4, -0.2) is 43.3 Å². The molecule has 3 saturated heterocycles. The minimum Gasteiger partial charge on any atom is -0.493 e. The molecule has 0 radical (unpaired) electrons. The van der Waals surface area contributed by atoms with Crippen molar-refractivity contribution in [2.24, 2.45) is 11.3 Å². The monoisotopic (exact) mass is 438 g/mol. The molecule has 0 aliphatic carbocycles. The van der Waals surface area contributed by atoms with Crippen LogP contribution in [0, 0.1) is 24.1 Å². The summed E-state index contributed by atoms with van der Waals surface area (Å²) in [5.41, 5.74) is 3.16. The Hall–Kier alpha value is -2.60. The van der Waals surface area contributed by atoms with Gasteiger partial charge < -0.3 is 14.8 Å². The predicted molar refractivity (Wildman–Crippen MR) is 121 cm³/mol. The van der Waals surface area contributed by atoms with Gasteiger partial charge in [-0.15, -0.1) is 0 Å². The number of piperidine rings is 3. The van der Waals surface area contributed by atoms with Crippen molar-refractivity contribution in [2.45, 2.75) is 45.8 Å². The van der Waals surface area contributed by atoms with Gasteiger partial charge in [-0.1, -0.05) is 32.0 Å². The van der Waals surface area contributed by atoms with Gasteiger partial charge in [-0.2, -0.15) is 0 Å². The molecular formula is C26H31FN2O3. The van der Waals surface area contributed by atoms with E-state index in [4.69, 9.17) is 9.47 Å². The summed E-state index contributed by atoms with van der Waals surface area (Å²) in [7, 11) is 0. The van der Waals surface area contributed by atoms with Gasteiger partial charge in [0.05, 0.1) is 12.6 Å². The first kappa shape index (κ1) is 21.3. The lowest BCUT2D eigenvalue weighted by Gasteiger charge is -2.44. The van der Waals surface area contributed by atoms with Gasteiger partial charge >= 0.3 is 6.09 Å². The largest absolute Gasteiger partial charge is 0.493 e. The topological polar surface area (TPSA) is 50.8 Å². The first-order chi connectivity index (χ1) is 15.3. The van der Waals surface area contributed by atoms with E-state index in [2.05, 4.69) is 24.1 Å². The van der Waals surface area contributed by atoms with Gasteiger partial charge in [-0.3, -0.25) is 4.90 Å². The molecule has 1 unspecified atom stereocenters. The fourth-order valence-electron chi connectivity index (χ4n) is 5.28. The fraction of sp³-hybridized carbons (Fsp3) is 0.500. The first-order valence-corrected chi connectivity index (χ1v) is 11.5. The SMILES string of the molecule is Cc1cc(-c2ccc3c(c2)OCC(C)(C)C3NC(=O)O[C@H]2CN3CCC2CC3)ccc1F. The number of benzene rings is 2. The molecule has 1 N–H and O–H groups in total. The number of ether oxygens (including phenoxy) is 2. The van der Waals surface area contributed by atoms with Crippen LogP contribution in [0.3, 0.4) is 0 Å². The second kappa shape index (κ2) is 8.07. The summed E-state index contributed by atoms with van der Waals surface area (Å²) in [5, 5.41) is 3.14. The standard InChI is InChI=1S/C26H31FN2O3/c1-16-12-18(5-7-21(16)27)19-4-6-20-22(13-19)31-15-26(2,3)24(20)28-25(30)32-23-14-29-10-8-17(23)9-11-29/h4-7,12-13,17,23-24H,8-11,14-15H2,1-3H3,(H,28,30)/t23-,24?/m0/s1. The fourth-order valence-corrected chi connectivity index (χ4v) is 5.28. The highest BCUT2D eigenvalue weighted by Crippen LogP contribution is 2.44. The summed E-state index contributed by atoms with van der Waals surface area (Å²) in [4.78, 5) is 15.3. The molecule has 4 heterocycles. The number of amides is 1. The van der Waals surface area contributed by atoms with Crippen molar-refractivity contribution >= 4 is 6.09 Å². The molecule has 3 fully saturated rings. The van der Waals surface area contributed by atoms with E-state index in [1.807, 2.05) is 24.3 Å². The Morgan fingerprint density at radius 1 is 1.16 bits per heavy atom. The van der Waals surface area contributed by atoms with Crippen LogP contribution in [0.25, 0.3) is 11.1 Å². The molecule has 4 aliphatic heterocycles. The molecule has 2 atom stereocenters. The molecule has 2 bridgehead atoms. The maximum absolute atomic E-state index is 13.7. The van der Waals surface area contributed by atoms with Crippen LogP contribution in [0.4, 0.5) is 9.18 Å². The number of nitrogens with zero attached hydrogens (tertiary/aromatic N) is 1. The van der Waals surface area contributed by atoms with Gasteiger partial charge in [0, 0.05) is 17.5 Å². The Balaban J connectivity index is 1.36. The maximum atomic E-state index is 13.7. The van der Waals surface area contributed by atoms with Crippen LogP contribution in [0.2, 0.25) is 0 Å². The second-order valence-corrected chi connectivity index (χ2v) is 10.2. The van der Waals surface area contributed by atoms with Gasteiger partial charge in [0.2, 0.25) is 0 Å². The molecule has 0 aromatic heterocycles. The van der Waals surface area contributed by atoms with E-state index in [1.165, 1.54) is 6.07 Å². The molecule has 1 amide bonds. The summed E-state index contributed by atoms with van der Waals surface area (Å²) < 4.78 is 25.7. The normalized spacial score (nSPS) is 27.9. The molecule has 0 spiro atoms. The summed E-state index contributed by atoms with van der Waals surface area (Å²) in [5.74, 6) is 1.01. The smallest absolute Gasteiger partial charge is 0.407 e. The minimum absolute atomic E-state index is 0.0241. The Bertz CT molecular complexity index is 1030. The lowest BCUT2D eigenvalue weighted by atomic mass is 9.78. The molecule has 2 aromatic carbocycles. The third-order valence-corrected chi connectivity index (χ3v) is 7.31. The van der Waals surface area contributed by atoms with Crippen LogP contribution in [-0.2, 0) is 4.74 Å². The number of halogens is 1. The predicted octanol–water partition coefficient (Wildman–Crippen LogP) is 5.08. The minimum atomic E-state index is -0.354. The van der Waals surface area contributed by atoms with Crippen molar-refractivity contribution in [3.8, 4) is 16.9 Å². The highest BCUT2D eigenvalue weighted by molar-refractivity contribution is 5.70. The van der Waals surface area contributed by atoms with Crippen molar-refractivity contribution in [3.63, 3.8) is 0 Å². The number of fused-ring (bicyclic) bond motifs is 4. The van der Waals surface area contributed by atoms with Crippen molar-refractivity contribution in [1.29, 1.82) is 0 Å². The van der Waals surface area contributed by atoms with Gasteiger partial charge in [0.1, 0.15) is 17.7 Å². The third-order valence-electron chi connectivity index (χ3n) is 7.31. The molecule has 6 heteroatoms. The van der Waals surface area contributed by atoms with E-state index in [0.29, 0.717) is 18.1 Å². The average molecular weight is 439 g/mol. The number of hydrogen-bond donors (Lipinski definition) is 1. The van der Waals surface area contributed by atoms with Crippen LogP contribution >= 0.6 is 0 Å². The molecule has 6 rings (SSSR count). The van der Waals surface area contributed by atoms with Gasteiger partial charge in [-0.05, 0) is 73.7 Å². The number of rotatable bonds is 3. The quantitative estimate of drug-likeness (QED) is 0.726. The third kappa shape index (κ3) is 3.96. The number of carbonyl (C=O) groups excluding carboxylic acids is 1. The lowest BCUT2D eigenvalue weighted by Crippen LogP contribution is -2.53. The molecule has 5 nitrogen and oxygen atoms in total. The summed E-state index contributed by atoms with van der Waals surface area (Å²) in [6.07, 6.45) is 1.83. The average Bonchev–Trinajstić information content (AvgIpc) is 2.78. The van der Waals surface area contributed by atoms with E-state index >= 15 is 0 Å². The Morgan fingerprint density at radius 2 is 1.88 bits per heavy atom. The van der Waals surface area contributed by atoms with Crippen LogP contribution in [0.1, 0.15) is 43.9 Å². The van der Waals surface area contributed by atoms with Gasteiger partial charge in [0.15, 0.2) is 0 Å². The molecule has 2 aromatic rings. The second-order valence-electron chi connectivity index (χ2n) is 10.2. The zero-order valence-electron chi connectivity index (χ0n) is 19.0. The van der Waals surface area contributed by atoms with Crippen LogP contribution in [0.15, 0.2) is 36.4 Å². The Kier molecular flexibility index (Phi) is 5.36. The number of hydrogen-bond acceptors (Lipinski definition) is 4. The molecular weight excluding hydrogens is 407 g/mol. The first-order valence-electron chi connectivity index (χ1n) is 11.5. The van der Waals surface area contributed by atoms with Gasteiger partial charge in [0.25, 0.3) is 0 Å². The Labute approximate surface area is 188 Å². The molecule has 170 valence electrons. The van der Waals surface area contributed by atoms with Crippen molar-refractivity contribution in [2.75, 3.05) is 26.2 Å². The van der Waals surface area contributed by atoms with Gasteiger partial charge in [-0.25, -0.2) is 9.18 Å². The highest BCUT2D eigenvalue weighted by Gasteiger charge is 2.41. The molecule has 4 aliphatic rings. The number of nitrogens with one attached hydrogen (secondary N) is 1. The lowest BCUT2D eigenvalue weighted by molar-refractivity contribution is -0.0361. The van der Waals surface area contributed by atoms with E-state index in [0.717, 1.165) is 54.9 Å². The van der Waals surface area contributed by atoms with E-state index in [1.54, 1.807) is 13.0 Å².